The summed E-state index contributed by atoms with van der Waals surface area (Å²) in [6.45, 7) is 9.82. The highest BCUT2D eigenvalue weighted by atomic mass is 35.5. The molecule has 1 fully saturated rings. The number of halogens is 1. The van der Waals surface area contributed by atoms with Crippen LogP contribution in [-0.4, -0.2) is 60.7 Å². The summed E-state index contributed by atoms with van der Waals surface area (Å²) in [6.07, 6.45) is 6.70. The molecule has 1 atom stereocenters. The van der Waals surface area contributed by atoms with Crippen molar-refractivity contribution in [3.63, 3.8) is 0 Å². The van der Waals surface area contributed by atoms with Crippen molar-refractivity contribution in [2.24, 2.45) is 0 Å². The van der Waals surface area contributed by atoms with Gasteiger partial charge in [-0.3, -0.25) is 0 Å². The van der Waals surface area contributed by atoms with Crippen LogP contribution in [0.3, 0.4) is 0 Å². The molecule has 1 aromatic heterocycles. The first-order chi connectivity index (χ1) is 18.1. The molecule has 2 aliphatic heterocycles. The van der Waals surface area contributed by atoms with Gasteiger partial charge >= 0.3 is 0 Å². The molecule has 3 heterocycles. The molecule has 0 saturated carbocycles. The molecule has 2 N–H and O–H groups in total. The van der Waals surface area contributed by atoms with Crippen molar-refractivity contribution in [1.82, 2.24) is 20.2 Å². The quantitative estimate of drug-likeness (QED) is 0.334. The highest BCUT2D eigenvalue weighted by Gasteiger charge is 2.27. The minimum absolute atomic E-state index is 0.154. The van der Waals surface area contributed by atoms with E-state index in [9.17, 15) is 0 Å². The summed E-state index contributed by atoms with van der Waals surface area (Å²) >= 11 is 6.11. The largest absolute Gasteiger partial charge is 0.457 e. The van der Waals surface area contributed by atoms with Gasteiger partial charge < -0.3 is 25.2 Å². The Balaban J connectivity index is 1.19. The van der Waals surface area contributed by atoms with E-state index in [0.29, 0.717) is 5.02 Å². The Morgan fingerprint density at radius 2 is 1.78 bits per heavy atom. The lowest BCUT2D eigenvalue weighted by Gasteiger charge is -2.35. The van der Waals surface area contributed by atoms with Gasteiger partial charge in [-0.1, -0.05) is 30.2 Å². The Morgan fingerprint density at radius 1 is 1.00 bits per heavy atom. The summed E-state index contributed by atoms with van der Waals surface area (Å²) in [5.74, 6) is 3.38. The van der Waals surface area contributed by atoms with Crippen molar-refractivity contribution in [3.8, 4) is 11.5 Å². The highest BCUT2D eigenvalue weighted by molar-refractivity contribution is 6.30. The lowest BCUT2D eigenvalue weighted by Crippen LogP contribution is -2.43. The number of rotatable bonds is 10. The van der Waals surface area contributed by atoms with Crippen molar-refractivity contribution < 1.29 is 4.74 Å². The number of fused-ring (bicyclic) bond motifs is 1. The van der Waals surface area contributed by atoms with Crippen LogP contribution in [0.25, 0.3) is 0 Å². The number of hydrogen-bond donors (Lipinski definition) is 2. The SMILES string of the molecule is Cc1ncc2c(n1)N(CCCCCN1CCNCC1)CCC2Nc1cccc(Oc2cccc(Cl)c2)c1. The predicted molar refractivity (Wildman–Crippen MR) is 151 cm³/mol. The molecule has 0 radical (unpaired) electrons. The minimum Gasteiger partial charge on any atom is -0.457 e. The van der Waals surface area contributed by atoms with Crippen LogP contribution < -0.4 is 20.3 Å². The van der Waals surface area contributed by atoms with E-state index < -0.39 is 0 Å². The molecule has 2 aromatic carbocycles. The molecule has 37 heavy (non-hydrogen) atoms. The maximum Gasteiger partial charge on any atom is 0.137 e. The summed E-state index contributed by atoms with van der Waals surface area (Å²) in [5.41, 5.74) is 2.18. The van der Waals surface area contributed by atoms with Crippen LogP contribution in [0, 0.1) is 6.92 Å². The third-order valence-corrected chi connectivity index (χ3v) is 7.33. The zero-order chi connectivity index (χ0) is 25.5. The first kappa shape index (κ1) is 25.8. The van der Waals surface area contributed by atoms with E-state index in [1.54, 1.807) is 0 Å². The third-order valence-electron chi connectivity index (χ3n) is 7.10. The van der Waals surface area contributed by atoms with Crippen molar-refractivity contribution in [3.05, 3.63) is 71.1 Å². The van der Waals surface area contributed by atoms with Gasteiger partial charge in [0.2, 0.25) is 0 Å². The average Bonchev–Trinajstić information content (AvgIpc) is 2.90. The molecule has 0 aliphatic carbocycles. The molecule has 0 amide bonds. The smallest absolute Gasteiger partial charge is 0.137 e. The van der Waals surface area contributed by atoms with Crippen molar-refractivity contribution >= 4 is 23.1 Å². The lowest BCUT2D eigenvalue weighted by molar-refractivity contribution is 0.236. The Labute approximate surface area is 225 Å². The molecule has 7 nitrogen and oxygen atoms in total. The normalized spacial score (nSPS) is 17.9. The number of aryl methyl sites for hydroxylation is 1. The molecule has 196 valence electrons. The van der Waals surface area contributed by atoms with Crippen LogP contribution in [0.5, 0.6) is 11.5 Å². The van der Waals surface area contributed by atoms with Crippen LogP contribution >= 0.6 is 11.6 Å². The molecule has 0 spiro atoms. The van der Waals surface area contributed by atoms with Gasteiger partial charge in [0.15, 0.2) is 0 Å². The fraction of sp³-hybridized carbons (Fsp3) is 0.448. The number of nitrogens with zero attached hydrogens (tertiary/aromatic N) is 4. The molecule has 2 aliphatic rings. The van der Waals surface area contributed by atoms with E-state index in [1.165, 1.54) is 44.5 Å². The molecule has 0 bridgehead atoms. The van der Waals surface area contributed by atoms with Crippen LogP contribution in [-0.2, 0) is 0 Å². The summed E-state index contributed by atoms with van der Waals surface area (Å²) in [6, 6.07) is 15.7. The van der Waals surface area contributed by atoms with Gasteiger partial charge in [0.05, 0.1) is 6.04 Å². The number of aromatic nitrogens is 2. The summed E-state index contributed by atoms with van der Waals surface area (Å²) in [7, 11) is 0. The lowest BCUT2D eigenvalue weighted by atomic mass is 10.00. The van der Waals surface area contributed by atoms with Gasteiger partial charge in [0.1, 0.15) is 23.1 Å². The minimum atomic E-state index is 0.154. The van der Waals surface area contributed by atoms with E-state index in [4.69, 9.17) is 21.3 Å². The van der Waals surface area contributed by atoms with Gasteiger partial charge in [-0.05, 0) is 63.1 Å². The molecule has 8 heteroatoms. The van der Waals surface area contributed by atoms with Crippen molar-refractivity contribution in [1.29, 1.82) is 0 Å². The molecular formula is C29H37ClN6O. The van der Waals surface area contributed by atoms with Gasteiger partial charge in [0.25, 0.3) is 0 Å². The topological polar surface area (TPSA) is 65.6 Å². The first-order valence-corrected chi connectivity index (χ1v) is 13.8. The second-order valence-electron chi connectivity index (χ2n) is 9.91. The number of unbranched alkanes of at least 4 members (excludes halogenated alkanes) is 2. The molecular weight excluding hydrogens is 484 g/mol. The first-order valence-electron chi connectivity index (χ1n) is 13.5. The van der Waals surface area contributed by atoms with Gasteiger partial charge in [-0.15, -0.1) is 0 Å². The maximum atomic E-state index is 6.11. The Bertz CT molecular complexity index is 1170. The molecule has 3 aromatic rings. The zero-order valence-corrected chi connectivity index (χ0v) is 22.4. The van der Waals surface area contributed by atoms with Crippen molar-refractivity contribution in [2.45, 2.75) is 38.6 Å². The van der Waals surface area contributed by atoms with Crippen LogP contribution in [0.2, 0.25) is 5.02 Å². The van der Waals surface area contributed by atoms with Gasteiger partial charge in [-0.2, -0.15) is 0 Å². The number of anilines is 2. The van der Waals surface area contributed by atoms with E-state index in [0.717, 1.165) is 61.4 Å². The van der Waals surface area contributed by atoms with E-state index in [-0.39, 0.29) is 6.04 Å². The predicted octanol–water partition coefficient (Wildman–Crippen LogP) is 5.67. The summed E-state index contributed by atoms with van der Waals surface area (Å²) in [5, 5.41) is 7.79. The zero-order valence-electron chi connectivity index (χ0n) is 21.6. The second kappa shape index (κ2) is 12.6. The average molecular weight is 521 g/mol. The Kier molecular flexibility index (Phi) is 8.76. The van der Waals surface area contributed by atoms with Crippen molar-refractivity contribution in [2.75, 3.05) is 56.0 Å². The highest BCUT2D eigenvalue weighted by Crippen LogP contribution is 2.35. The molecule has 1 saturated heterocycles. The van der Waals surface area contributed by atoms with Crippen LogP contribution in [0.1, 0.15) is 43.1 Å². The number of ether oxygens (including phenoxy) is 1. The second-order valence-corrected chi connectivity index (χ2v) is 10.3. The fourth-order valence-corrected chi connectivity index (χ4v) is 5.33. The van der Waals surface area contributed by atoms with Crippen LogP contribution in [0.4, 0.5) is 11.5 Å². The summed E-state index contributed by atoms with van der Waals surface area (Å²) < 4.78 is 6.03. The number of benzene rings is 2. The monoisotopic (exact) mass is 520 g/mol. The molecule has 1 unspecified atom stereocenters. The fourth-order valence-electron chi connectivity index (χ4n) is 5.15. The molecule has 5 rings (SSSR count). The van der Waals surface area contributed by atoms with E-state index in [1.807, 2.05) is 55.6 Å². The third kappa shape index (κ3) is 7.12. The standard InChI is InChI=1S/C29H37ClN6O/c1-22-32-21-27-28(34-24-8-6-10-26(20-24)37-25-9-5-7-23(30)19-25)11-16-36(29(27)33-22)15-4-2-3-14-35-17-12-31-13-18-35/h5-10,19-21,28,31,34H,2-4,11-18H2,1H3. The summed E-state index contributed by atoms with van der Waals surface area (Å²) in [4.78, 5) is 14.4. The Hall–Kier alpha value is -2.87. The van der Waals surface area contributed by atoms with Crippen LogP contribution in [0.15, 0.2) is 54.7 Å². The van der Waals surface area contributed by atoms with Gasteiger partial charge in [-0.25, -0.2) is 9.97 Å². The van der Waals surface area contributed by atoms with E-state index >= 15 is 0 Å². The van der Waals surface area contributed by atoms with E-state index in [2.05, 4.69) is 31.5 Å². The maximum absolute atomic E-state index is 6.11. The Morgan fingerprint density at radius 3 is 2.62 bits per heavy atom. The number of hydrogen-bond acceptors (Lipinski definition) is 7. The number of piperazine rings is 1. The number of nitrogens with one attached hydrogen (secondary N) is 2. The van der Waals surface area contributed by atoms with Gasteiger partial charge in [0, 0.05) is 67.8 Å².